The van der Waals surface area contributed by atoms with E-state index in [9.17, 15) is 9.59 Å². The first-order valence-corrected chi connectivity index (χ1v) is 6.30. The molecule has 0 spiro atoms. The Bertz CT molecular complexity index is 735. The number of hydrogen-bond acceptors (Lipinski definition) is 3. The number of nitrogens with one attached hydrogen (secondary N) is 1. The first-order chi connectivity index (χ1) is 8.98. The molecule has 0 radical (unpaired) electrons. The van der Waals surface area contributed by atoms with Gasteiger partial charge >= 0.3 is 5.97 Å². The number of aromatic amines is 1. The van der Waals surface area contributed by atoms with E-state index in [1.165, 1.54) is 7.11 Å². The highest BCUT2D eigenvalue weighted by atomic mass is 16.5. The summed E-state index contributed by atoms with van der Waals surface area (Å²) in [6.45, 7) is 3.89. The molecule has 0 bridgehead atoms. The summed E-state index contributed by atoms with van der Waals surface area (Å²) in [5, 5.41) is 0.580. The number of nitrogens with zero attached hydrogens (tertiary/aromatic N) is 1. The van der Waals surface area contributed by atoms with Crippen LogP contribution in [0.1, 0.15) is 35.7 Å². The molecule has 1 saturated carbocycles. The summed E-state index contributed by atoms with van der Waals surface area (Å²) in [5.74, 6) is -0.426. The number of hydrogen-bond donors (Lipinski definition) is 1. The summed E-state index contributed by atoms with van der Waals surface area (Å²) < 4.78 is 6.49. The van der Waals surface area contributed by atoms with Gasteiger partial charge in [-0.25, -0.2) is 4.79 Å². The lowest BCUT2D eigenvalue weighted by atomic mass is 10.1. The second-order valence-electron chi connectivity index (χ2n) is 5.43. The molecule has 5 nitrogen and oxygen atoms in total. The number of pyridine rings is 1. The average Bonchev–Trinajstić information content (AvgIpc) is 3.01. The third-order valence-corrected chi connectivity index (χ3v) is 4.00. The number of carbonyl (C=O) groups is 1. The minimum absolute atomic E-state index is 0.0404. The van der Waals surface area contributed by atoms with E-state index in [4.69, 9.17) is 4.74 Å². The Morgan fingerprint density at radius 1 is 1.47 bits per heavy atom. The van der Waals surface area contributed by atoms with E-state index in [-0.39, 0.29) is 11.1 Å². The van der Waals surface area contributed by atoms with E-state index < -0.39 is 5.97 Å². The maximum atomic E-state index is 12.6. The lowest BCUT2D eigenvalue weighted by Crippen LogP contribution is -2.29. The van der Waals surface area contributed by atoms with E-state index >= 15 is 0 Å². The van der Waals surface area contributed by atoms with Gasteiger partial charge in [0.25, 0.3) is 5.56 Å². The van der Waals surface area contributed by atoms with Gasteiger partial charge in [0, 0.05) is 17.9 Å². The minimum atomic E-state index is -0.426. The molecule has 1 N–H and O–H groups in total. The monoisotopic (exact) mass is 260 g/mol. The first-order valence-electron chi connectivity index (χ1n) is 6.30. The summed E-state index contributed by atoms with van der Waals surface area (Å²) in [6, 6.07) is 0. The van der Waals surface area contributed by atoms with Crippen LogP contribution in [0.15, 0.2) is 17.2 Å². The Morgan fingerprint density at radius 2 is 2.16 bits per heavy atom. The van der Waals surface area contributed by atoms with Gasteiger partial charge in [0.05, 0.1) is 18.0 Å². The van der Waals surface area contributed by atoms with Gasteiger partial charge < -0.3 is 14.3 Å². The van der Waals surface area contributed by atoms with Crippen LogP contribution in [0.5, 0.6) is 0 Å². The van der Waals surface area contributed by atoms with Crippen LogP contribution in [0, 0.1) is 6.92 Å². The molecule has 0 saturated heterocycles. The summed E-state index contributed by atoms with van der Waals surface area (Å²) in [6.07, 6.45) is 5.29. The van der Waals surface area contributed by atoms with Crippen molar-refractivity contribution in [3.8, 4) is 0 Å². The number of aromatic nitrogens is 2. The van der Waals surface area contributed by atoms with E-state index in [1.54, 1.807) is 17.0 Å². The summed E-state index contributed by atoms with van der Waals surface area (Å²) in [7, 11) is 1.35. The van der Waals surface area contributed by atoms with Gasteiger partial charge in [-0.3, -0.25) is 4.79 Å². The molecule has 0 aromatic carbocycles. The molecule has 0 unspecified atom stereocenters. The quantitative estimate of drug-likeness (QED) is 0.839. The first kappa shape index (κ1) is 12.0. The normalized spacial score (nSPS) is 16.6. The number of methoxy groups -OCH3 is 1. The molecule has 2 heterocycles. The molecule has 1 fully saturated rings. The molecule has 0 aliphatic heterocycles. The van der Waals surface area contributed by atoms with Gasteiger partial charge in [-0.1, -0.05) is 0 Å². The standard InChI is InChI=1S/C14H16N2O3/c1-8-6-15-11-9(13(18)19-3)7-16(12(17)10(8)11)14(2)4-5-14/h6-7,15H,4-5H2,1-3H3. The SMILES string of the molecule is COC(=O)c1cn(C2(C)CC2)c(=O)c2c(C)c[nH]c12. The number of fused-ring (bicyclic) bond motifs is 1. The largest absolute Gasteiger partial charge is 0.465 e. The second kappa shape index (κ2) is 3.73. The van der Waals surface area contributed by atoms with Gasteiger partial charge in [0.15, 0.2) is 0 Å². The highest BCUT2D eigenvalue weighted by Gasteiger charge is 2.41. The van der Waals surface area contributed by atoms with E-state index in [1.807, 2.05) is 13.8 Å². The molecule has 1 aliphatic rings. The van der Waals surface area contributed by atoms with Crippen molar-refractivity contribution in [3.63, 3.8) is 0 Å². The number of ether oxygens (including phenoxy) is 1. The fourth-order valence-electron chi connectivity index (χ4n) is 2.47. The predicted octanol–water partition coefficient (Wildman–Crippen LogP) is 1.93. The zero-order valence-corrected chi connectivity index (χ0v) is 11.2. The topological polar surface area (TPSA) is 64.1 Å². The van der Waals surface area contributed by atoms with Gasteiger partial charge in [-0.2, -0.15) is 0 Å². The van der Waals surface area contributed by atoms with Crippen molar-refractivity contribution in [1.82, 2.24) is 9.55 Å². The maximum Gasteiger partial charge on any atom is 0.341 e. The van der Waals surface area contributed by atoms with Crippen LogP contribution in [0.3, 0.4) is 0 Å². The predicted molar refractivity (Wildman–Crippen MR) is 71.5 cm³/mol. The second-order valence-corrected chi connectivity index (χ2v) is 5.43. The smallest absolute Gasteiger partial charge is 0.341 e. The Kier molecular flexibility index (Phi) is 2.36. The molecule has 19 heavy (non-hydrogen) atoms. The number of esters is 1. The molecule has 100 valence electrons. The van der Waals surface area contributed by atoms with Crippen molar-refractivity contribution < 1.29 is 9.53 Å². The molecule has 3 rings (SSSR count). The fraction of sp³-hybridized carbons (Fsp3) is 0.429. The molecule has 1 aliphatic carbocycles. The molecular weight excluding hydrogens is 244 g/mol. The van der Waals surface area contributed by atoms with Crippen molar-refractivity contribution in [1.29, 1.82) is 0 Å². The van der Waals surface area contributed by atoms with Crippen molar-refractivity contribution in [3.05, 3.63) is 33.9 Å². The summed E-state index contributed by atoms with van der Waals surface area (Å²) >= 11 is 0. The third-order valence-electron chi connectivity index (χ3n) is 4.00. The molecule has 2 aromatic rings. The van der Waals surface area contributed by atoms with Gasteiger partial charge in [-0.15, -0.1) is 0 Å². The minimum Gasteiger partial charge on any atom is -0.465 e. The van der Waals surface area contributed by atoms with Crippen LogP contribution >= 0.6 is 0 Å². The Balaban J connectivity index is 2.40. The van der Waals surface area contributed by atoms with E-state index in [2.05, 4.69) is 4.98 Å². The van der Waals surface area contributed by atoms with Gasteiger partial charge in [-0.05, 0) is 32.3 Å². The molecule has 0 amide bonds. The molecule has 2 aromatic heterocycles. The fourth-order valence-corrected chi connectivity index (χ4v) is 2.47. The third kappa shape index (κ3) is 1.61. The van der Waals surface area contributed by atoms with Crippen molar-refractivity contribution in [2.75, 3.05) is 7.11 Å². The summed E-state index contributed by atoms with van der Waals surface area (Å²) in [5.41, 5.74) is 1.64. The van der Waals surface area contributed by atoms with E-state index in [0.717, 1.165) is 18.4 Å². The van der Waals surface area contributed by atoms with Crippen molar-refractivity contribution in [2.45, 2.75) is 32.2 Å². The number of rotatable bonds is 2. The average molecular weight is 260 g/mol. The summed E-state index contributed by atoms with van der Waals surface area (Å²) in [4.78, 5) is 27.4. The van der Waals surface area contributed by atoms with E-state index in [0.29, 0.717) is 16.5 Å². The van der Waals surface area contributed by atoms with Gasteiger partial charge in [0.2, 0.25) is 0 Å². The zero-order valence-electron chi connectivity index (χ0n) is 11.2. The van der Waals surface area contributed by atoms with Crippen LogP contribution in [-0.2, 0) is 10.3 Å². The van der Waals surface area contributed by atoms with Crippen molar-refractivity contribution >= 4 is 16.9 Å². The Morgan fingerprint density at radius 3 is 2.74 bits per heavy atom. The van der Waals surface area contributed by atoms with Crippen LogP contribution in [0.2, 0.25) is 0 Å². The lowest BCUT2D eigenvalue weighted by Gasteiger charge is -2.15. The Hall–Kier alpha value is -2.04. The Labute approximate surface area is 110 Å². The maximum absolute atomic E-state index is 12.6. The number of H-pyrrole nitrogens is 1. The van der Waals surface area contributed by atoms with Gasteiger partial charge in [0.1, 0.15) is 5.56 Å². The molecule has 5 heteroatoms. The zero-order chi connectivity index (χ0) is 13.8. The highest BCUT2D eigenvalue weighted by Crippen LogP contribution is 2.42. The van der Waals surface area contributed by atoms with Crippen LogP contribution in [0.4, 0.5) is 0 Å². The highest BCUT2D eigenvalue weighted by molar-refractivity contribution is 6.03. The number of aryl methyl sites for hydroxylation is 1. The van der Waals surface area contributed by atoms with Crippen LogP contribution in [-0.4, -0.2) is 22.6 Å². The molecular formula is C14H16N2O3. The lowest BCUT2D eigenvalue weighted by molar-refractivity contribution is 0.0601. The number of carbonyl (C=O) groups excluding carboxylic acids is 1. The van der Waals surface area contributed by atoms with Crippen molar-refractivity contribution in [2.24, 2.45) is 0 Å². The van der Waals surface area contributed by atoms with Crippen LogP contribution in [0.25, 0.3) is 10.9 Å². The van der Waals surface area contributed by atoms with Crippen LogP contribution < -0.4 is 5.56 Å². The molecule has 0 atom stereocenters.